The Kier molecular flexibility index (Phi) is 6.30. The predicted octanol–water partition coefficient (Wildman–Crippen LogP) is 3.25. The molecule has 2 rings (SSSR count). The Balaban J connectivity index is 2.12. The van der Waals surface area contributed by atoms with Crippen LogP contribution in [-0.4, -0.2) is 25.4 Å². The van der Waals surface area contributed by atoms with E-state index in [2.05, 4.69) is 5.32 Å². The van der Waals surface area contributed by atoms with Crippen molar-refractivity contribution in [3.05, 3.63) is 70.8 Å². The van der Waals surface area contributed by atoms with Crippen LogP contribution in [0.3, 0.4) is 0 Å². The quantitative estimate of drug-likeness (QED) is 0.759. The molecule has 0 spiro atoms. The van der Waals surface area contributed by atoms with Crippen LogP contribution in [0.5, 0.6) is 0 Å². The smallest absolute Gasteiger partial charge is 0.159 e. The van der Waals surface area contributed by atoms with Gasteiger partial charge >= 0.3 is 0 Å². The van der Waals surface area contributed by atoms with E-state index in [1.807, 2.05) is 0 Å². The number of nitrogens with one attached hydrogen (secondary N) is 1. The second-order valence-electron chi connectivity index (χ2n) is 5.24. The van der Waals surface area contributed by atoms with Crippen molar-refractivity contribution in [3.63, 3.8) is 0 Å². The SMILES string of the molecule is COCC(NCC(O)c1c(F)cccc1F)c1ccc(F)c(F)c1. The first-order chi connectivity index (χ1) is 11.4. The molecule has 2 N–H and O–H groups in total. The lowest BCUT2D eigenvalue weighted by atomic mass is 10.0. The Morgan fingerprint density at radius 3 is 2.25 bits per heavy atom. The molecule has 7 heteroatoms. The molecule has 2 aromatic carbocycles. The van der Waals surface area contributed by atoms with Gasteiger partial charge in [0.25, 0.3) is 0 Å². The first-order valence-electron chi connectivity index (χ1n) is 7.23. The summed E-state index contributed by atoms with van der Waals surface area (Å²) in [5.74, 6) is -3.72. The first kappa shape index (κ1) is 18.4. The van der Waals surface area contributed by atoms with Gasteiger partial charge in [0.1, 0.15) is 11.6 Å². The molecule has 0 aliphatic heterocycles. The third-order valence-corrected chi connectivity index (χ3v) is 3.57. The van der Waals surface area contributed by atoms with Crippen LogP contribution in [0.1, 0.15) is 23.3 Å². The van der Waals surface area contributed by atoms with E-state index in [4.69, 9.17) is 4.74 Å². The van der Waals surface area contributed by atoms with Gasteiger partial charge in [0.05, 0.1) is 24.3 Å². The minimum absolute atomic E-state index is 0.0948. The molecule has 0 radical (unpaired) electrons. The van der Waals surface area contributed by atoms with Crippen LogP contribution in [0.4, 0.5) is 17.6 Å². The summed E-state index contributed by atoms with van der Waals surface area (Å²) in [6.45, 7) is -0.109. The molecule has 0 aromatic heterocycles. The Morgan fingerprint density at radius 1 is 1.00 bits per heavy atom. The van der Waals surface area contributed by atoms with Crippen LogP contribution in [0.15, 0.2) is 36.4 Å². The van der Waals surface area contributed by atoms with Crippen molar-refractivity contribution >= 4 is 0 Å². The number of ether oxygens (including phenoxy) is 1. The zero-order valence-corrected chi connectivity index (χ0v) is 12.9. The fourth-order valence-electron chi connectivity index (χ4n) is 2.35. The lowest BCUT2D eigenvalue weighted by Crippen LogP contribution is -2.30. The van der Waals surface area contributed by atoms with Gasteiger partial charge in [-0.1, -0.05) is 12.1 Å². The predicted molar refractivity (Wildman–Crippen MR) is 80.3 cm³/mol. The van der Waals surface area contributed by atoms with Crippen molar-refractivity contribution in [1.29, 1.82) is 0 Å². The average molecular weight is 343 g/mol. The van der Waals surface area contributed by atoms with Gasteiger partial charge < -0.3 is 15.2 Å². The largest absolute Gasteiger partial charge is 0.387 e. The van der Waals surface area contributed by atoms with Gasteiger partial charge in [0.2, 0.25) is 0 Å². The molecule has 0 heterocycles. The van der Waals surface area contributed by atoms with Gasteiger partial charge in [-0.15, -0.1) is 0 Å². The number of halogens is 4. The highest BCUT2D eigenvalue weighted by Gasteiger charge is 2.20. The van der Waals surface area contributed by atoms with Crippen molar-refractivity contribution < 1.29 is 27.4 Å². The highest BCUT2D eigenvalue weighted by atomic mass is 19.2. The number of benzene rings is 2. The van der Waals surface area contributed by atoms with Crippen LogP contribution in [-0.2, 0) is 4.74 Å². The molecule has 0 amide bonds. The molecule has 24 heavy (non-hydrogen) atoms. The summed E-state index contributed by atoms with van der Waals surface area (Å²) in [6, 6.07) is 6.04. The maximum Gasteiger partial charge on any atom is 0.159 e. The molecule has 0 aliphatic rings. The van der Waals surface area contributed by atoms with E-state index in [1.165, 1.54) is 19.2 Å². The summed E-state index contributed by atoms with van der Waals surface area (Å²) in [5, 5.41) is 12.9. The third-order valence-electron chi connectivity index (χ3n) is 3.57. The normalized spacial score (nSPS) is 13.8. The van der Waals surface area contributed by atoms with E-state index in [-0.39, 0.29) is 13.2 Å². The number of hydrogen-bond acceptors (Lipinski definition) is 3. The van der Waals surface area contributed by atoms with Crippen molar-refractivity contribution in [3.8, 4) is 0 Å². The molecule has 2 unspecified atom stereocenters. The summed E-state index contributed by atoms with van der Waals surface area (Å²) < 4.78 is 58.7. The highest BCUT2D eigenvalue weighted by molar-refractivity contribution is 5.24. The van der Waals surface area contributed by atoms with E-state index in [0.717, 1.165) is 24.3 Å². The summed E-state index contributed by atoms with van der Waals surface area (Å²) >= 11 is 0. The number of aliphatic hydroxyl groups excluding tert-OH is 1. The second kappa shape index (κ2) is 8.23. The highest BCUT2D eigenvalue weighted by Crippen LogP contribution is 2.22. The molecule has 3 nitrogen and oxygen atoms in total. The lowest BCUT2D eigenvalue weighted by molar-refractivity contribution is 0.134. The molecule has 0 saturated heterocycles. The monoisotopic (exact) mass is 343 g/mol. The molecule has 2 atom stereocenters. The van der Waals surface area contributed by atoms with Gasteiger partial charge in [-0.25, -0.2) is 17.6 Å². The van der Waals surface area contributed by atoms with E-state index in [1.54, 1.807) is 0 Å². The third kappa shape index (κ3) is 4.31. The Hall–Kier alpha value is -1.96. The van der Waals surface area contributed by atoms with Crippen molar-refractivity contribution in [1.82, 2.24) is 5.32 Å². The van der Waals surface area contributed by atoms with Crippen LogP contribution in [0.25, 0.3) is 0 Å². The maximum absolute atomic E-state index is 13.6. The molecule has 130 valence electrons. The molecule has 0 saturated carbocycles. The Bertz CT molecular complexity index is 676. The number of aliphatic hydroxyl groups is 1. The molecule has 0 fully saturated rings. The fraction of sp³-hybridized carbons (Fsp3) is 0.294. The van der Waals surface area contributed by atoms with Crippen LogP contribution in [0.2, 0.25) is 0 Å². The molecular formula is C17H17F4NO2. The van der Waals surface area contributed by atoms with E-state index in [9.17, 15) is 22.7 Å². The Morgan fingerprint density at radius 2 is 1.67 bits per heavy atom. The van der Waals surface area contributed by atoms with Crippen LogP contribution < -0.4 is 5.32 Å². The van der Waals surface area contributed by atoms with Gasteiger partial charge in [0.15, 0.2) is 11.6 Å². The number of methoxy groups -OCH3 is 1. The van der Waals surface area contributed by atoms with E-state index >= 15 is 0 Å². The maximum atomic E-state index is 13.6. The van der Waals surface area contributed by atoms with Gasteiger partial charge in [-0.05, 0) is 29.8 Å². The van der Waals surface area contributed by atoms with Crippen LogP contribution >= 0.6 is 0 Å². The van der Waals surface area contributed by atoms with E-state index in [0.29, 0.717) is 5.56 Å². The summed E-state index contributed by atoms with van der Waals surface area (Å²) in [6.07, 6.45) is -1.45. The first-order valence-corrected chi connectivity index (χ1v) is 7.23. The van der Waals surface area contributed by atoms with E-state index < -0.39 is 41.0 Å². The zero-order chi connectivity index (χ0) is 17.7. The lowest BCUT2D eigenvalue weighted by Gasteiger charge is -2.21. The number of hydrogen-bond donors (Lipinski definition) is 2. The minimum Gasteiger partial charge on any atom is -0.387 e. The molecular weight excluding hydrogens is 326 g/mol. The van der Waals surface area contributed by atoms with Crippen molar-refractivity contribution in [2.45, 2.75) is 12.1 Å². The van der Waals surface area contributed by atoms with Crippen molar-refractivity contribution in [2.75, 3.05) is 20.3 Å². The summed E-state index contributed by atoms with van der Waals surface area (Å²) in [5.41, 5.74) is -0.0663. The second-order valence-corrected chi connectivity index (χ2v) is 5.24. The van der Waals surface area contributed by atoms with Crippen molar-refractivity contribution in [2.24, 2.45) is 0 Å². The fourth-order valence-corrected chi connectivity index (χ4v) is 2.35. The molecule has 0 bridgehead atoms. The van der Waals surface area contributed by atoms with Gasteiger partial charge in [-0.3, -0.25) is 0 Å². The summed E-state index contributed by atoms with van der Waals surface area (Å²) in [4.78, 5) is 0. The average Bonchev–Trinajstić information content (AvgIpc) is 2.54. The molecule has 2 aromatic rings. The standard InChI is InChI=1S/C17H17F4NO2/c1-24-9-15(10-5-6-11(18)14(21)7-10)22-8-16(23)17-12(19)3-2-4-13(17)20/h2-7,15-16,22-23H,8-9H2,1H3. The topological polar surface area (TPSA) is 41.5 Å². The summed E-state index contributed by atoms with van der Waals surface area (Å²) in [7, 11) is 1.42. The van der Waals surface area contributed by atoms with Gasteiger partial charge in [0, 0.05) is 13.7 Å². The zero-order valence-electron chi connectivity index (χ0n) is 12.9. The molecule has 0 aliphatic carbocycles. The van der Waals surface area contributed by atoms with Gasteiger partial charge in [-0.2, -0.15) is 0 Å². The number of rotatable bonds is 7. The minimum atomic E-state index is -1.45. The van der Waals surface area contributed by atoms with Crippen LogP contribution in [0, 0.1) is 23.3 Å². The Labute approximate surface area is 136 Å².